The number of piperidine rings is 1. The molecule has 0 radical (unpaired) electrons. The molecule has 1 saturated heterocycles. The molecule has 0 bridgehead atoms. The predicted molar refractivity (Wildman–Crippen MR) is 120 cm³/mol. The maximum Gasteiger partial charge on any atom is 0.338 e. The van der Waals surface area contributed by atoms with Crippen molar-refractivity contribution in [2.45, 2.75) is 32.8 Å². The van der Waals surface area contributed by atoms with E-state index in [0.29, 0.717) is 29.2 Å². The lowest BCUT2D eigenvalue weighted by molar-refractivity contribution is -0.134. The summed E-state index contributed by atoms with van der Waals surface area (Å²) < 4.78 is 21.4. The summed E-state index contributed by atoms with van der Waals surface area (Å²) in [5.74, 6) is -0.234. The van der Waals surface area contributed by atoms with Gasteiger partial charge in [-0.1, -0.05) is 12.1 Å². The second-order valence-electron chi connectivity index (χ2n) is 7.59. The minimum atomic E-state index is -0.524. The summed E-state index contributed by atoms with van der Waals surface area (Å²) in [5, 5.41) is 0. The van der Waals surface area contributed by atoms with Crippen LogP contribution in [0.2, 0.25) is 0 Å². The molecule has 0 unspecified atom stereocenters. The normalized spacial score (nSPS) is 13.2. The number of amides is 1. The Morgan fingerprint density at radius 1 is 0.848 bits per heavy atom. The Bertz CT molecular complexity index is 965. The number of hydrogen-bond donors (Lipinski definition) is 0. The zero-order valence-electron chi connectivity index (χ0n) is 19.0. The smallest absolute Gasteiger partial charge is 0.338 e. The number of carbonyl (C=O) groups excluding carboxylic acids is 3. The van der Waals surface area contributed by atoms with Crippen LogP contribution in [-0.2, 0) is 20.9 Å². The minimum Gasteiger partial charge on any atom is -0.490 e. The van der Waals surface area contributed by atoms with E-state index < -0.39 is 11.9 Å². The Balaban J connectivity index is 1.59. The first-order valence-electron chi connectivity index (χ1n) is 11.0. The lowest BCUT2D eigenvalue weighted by Gasteiger charge is -2.26. The van der Waals surface area contributed by atoms with E-state index in [1.165, 1.54) is 7.11 Å². The first-order valence-corrected chi connectivity index (χ1v) is 11.0. The third kappa shape index (κ3) is 6.71. The Morgan fingerprint density at radius 3 is 2.21 bits per heavy atom. The molecular weight excluding hydrogens is 426 g/mol. The first kappa shape index (κ1) is 24.1. The molecule has 1 amide bonds. The molecule has 0 aromatic heterocycles. The van der Waals surface area contributed by atoms with E-state index in [0.717, 1.165) is 37.9 Å². The molecule has 8 heteroatoms. The molecule has 0 saturated carbocycles. The number of hydrogen-bond acceptors (Lipinski definition) is 7. The van der Waals surface area contributed by atoms with Crippen LogP contribution in [0.1, 0.15) is 52.5 Å². The zero-order valence-corrected chi connectivity index (χ0v) is 19.0. The van der Waals surface area contributed by atoms with Crippen molar-refractivity contribution in [1.29, 1.82) is 0 Å². The van der Waals surface area contributed by atoms with Gasteiger partial charge in [-0.05, 0) is 62.1 Å². The fraction of sp³-hybridized carbons (Fsp3) is 0.400. The summed E-state index contributed by atoms with van der Waals surface area (Å²) in [7, 11) is 1.32. The van der Waals surface area contributed by atoms with Gasteiger partial charge in [-0.3, -0.25) is 4.79 Å². The van der Waals surface area contributed by atoms with Crippen molar-refractivity contribution in [2.24, 2.45) is 0 Å². The number of nitrogens with zero attached hydrogens (tertiary/aromatic N) is 1. The molecule has 3 rings (SSSR count). The maximum absolute atomic E-state index is 12.5. The zero-order chi connectivity index (χ0) is 23.6. The lowest BCUT2D eigenvalue weighted by Crippen LogP contribution is -2.38. The van der Waals surface area contributed by atoms with Gasteiger partial charge in [-0.2, -0.15) is 0 Å². The minimum absolute atomic E-state index is 0.0485. The Kier molecular flexibility index (Phi) is 8.69. The van der Waals surface area contributed by atoms with Crippen molar-refractivity contribution < 1.29 is 33.3 Å². The van der Waals surface area contributed by atoms with Gasteiger partial charge in [0.15, 0.2) is 18.1 Å². The van der Waals surface area contributed by atoms with Crippen LogP contribution >= 0.6 is 0 Å². The molecule has 2 aromatic rings. The number of rotatable bonds is 9. The van der Waals surface area contributed by atoms with Crippen molar-refractivity contribution >= 4 is 17.8 Å². The highest BCUT2D eigenvalue weighted by Gasteiger charge is 2.19. The molecule has 0 atom stereocenters. The van der Waals surface area contributed by atoms with Gasteiger partial charge < -0.3 is 23.8 Å². The van der Waals surface area contributed by atoms with Gasteiger partial charge >= 0.3 is 11.9 Å². The average molecular weight is 456 g/mol. The van der Waals surface area contributed by atoms with Gasteiger partial charge in [0.25, 0.3) is 5.91 Å². The number of carbonyl (C=O) groups is 3. The summed E-state index contributed by atoms with van der Waals surface area (Å²) in [6, 6.07) is 11.3. The largest absolute Gasteiger partial charge is 0.490 e. The highest BCUT2D eigenvalue weighted by atomic mass is 16.5. The lowest BCUT2D eigenvalue weighted by atomic mass is 10.1. The summed E-state index contributed by atoms with van der Waals surface area (Å²) in [6.45, 7) is 3.69. The molecule has 1 aliphatic rings. The van der Waals surface area contributed by atoms with E-state index in [1.54, 1.807) is 42.5 Å². The van der Waals surface area contributed by atoms with Crippen LogP contribution in [0, 0.1) is 0 Å². The summed E-state index contributed by atoms with van der Waals surface area (Å²) >= 11 is 0. The molecule has 1 aliphatic heterocycles. The van der Waals surface area contributed by atoms with Crippen LogP contribution in [0.5, 0.6) is 11.5 Å². The van der Waals surface area contributed by atoms with E-state index in [9.17, 15) is 14.4 Å². The molecule has 1 fully saturated rings. The number of ether oxygens (including phenoxy) is 4. The Labute approximate surface area is 193 Å². The van der Waals surface area contributed by atoms with E-state index in [1.807, 2.05) is 11.8 Å². The average Bonchev–Trinajstić information content (AvgIpc) is 2.86. The highest BCUT2D eigenvalue weighted by Crippen LogP contribution is 2.29. The summed E-state index contributed by atoms with van der Waals surface area (Å²) in [4.78, 5) is 38.2. The number of benzene rings is 2. The second-order valence-corrected chi connectivity index (χ2v) is 7.59. The van der Waals surface area contributed by atoms with Gasteiger partial charge in [0.2, 0.25) is 0 Å². The van der Waals surface area contributed by atoms with Gasteiger partial charge in [0, 0.05) is 13.1 Å². The van der Waals surface area contributed by atoms with E-state index in [2.05, 4.69) is 4.74 Å². The van der Waals surface area contributed by atoms with Crippen LogP contribution in [0.4, 0.5) is 0 Å². The van der Waals surface area contributed by atoms with Crippen LogP contribution < -0.4 is 9.47 Å². The van der Waals surface area contributed by atoms with Crippen molar-refractivity contribution in [3.8, 4) is 11.5 Å². The highest BCUT2D eigenvalue weighted by molar-refractivity contribution is 5.90. The van der Waals surface area contributed by atoms with E-state index >= 15 is 0 Å². The van der Waals surface area contributed by atoms with Crippen LogP contribution in [0.25, 0.3) is 0 Å². The second kappa shape index (κ2) is 11.9. The quantitative estimate of drug-likeness (QED) is 0.533. The fourth-order valence-electron chi connectivity index (χ4n) is 3.48. The summed E-state index contributed by atoms with van der Waals surface area (Å²) in [6.07, 6.45) is 3.18. The third-order valence-corrected chi connectivity index (χ3v) is 5.28. The molecule has 0 aliphatic carbocycles. The molecule has 8 nitrogen and oxygen atoms in total. The van der Waals surface area contributed by atoms with Crippen molar-refractivity contribution in [3.05, 3.63) is 59.2 Å². The van der Waals surface area contributed by atoms with Crippen molar-refractivity contribution in [1.82, 2.24) is 4.90 Å². The van der Waals surface area contributed by atoms with Crippen molar-refractivity contribution in [3.63, 3.8) is 0 Å². The molecule has 33 heavy (non-hydrogen) atoms. The number of methoxy groups -OCH3 is 1. The molecule has 1 heterocycles. The molecule has 0 N–H and O–H groups in total. The summed E-state index contributed by atoms with van der Waals surface area (Å²) in [5.41, 5.74) is 1.46. The van der Waals surface area contributed by atoms with E-state index in [4.69, 9.17) is 14.2 Å². The van der Waals surface area contributed by atoms with Crippen molar-refractivity contribution in [2.75, 3.05) is 33.4 Å². The van der Waals surface area contributed by atoms with Crippen LogP contribution in [-0.4, -0.2) is 56.2 Å². The maximum atomic E-state index is 12.5. The third-order valence-electron chi connectivity index (χ3n) is 5.28. The monoisotopic (exact) mass is 455 g/mol. The Hall–Kier alpha value is -3.55. The van der Waals surface area contributed by atoms with E-state index in [-0.39, 0.29) is 19.1 Å². The topological polar surface area (TPSA) is 91.4 Å². The molecule has 176 valence electrons. The van der Waals surface area contributed by atoms with Gasteiger partial charge in [0.05, 0.1) is 24.8 Å². The fourth-order valence-corrected chi connectivity index (χ4v) is 3.48. The van der Waals surface area contributed by atoms with Crippen LogP contribution in [0.15, 0.2) is 42.5 Å². The molecular formula is C25H29NO7. The molecule has 2 aromatic carbocycles. The first-order chi connectivity index (χ1) is 16.0. The SMILES string of the molecule is CCOc1cc(C(=O)OCc2ccc(C(=O)OC)cc2)ccc1OCC(=O)N1CCCCC1. The van der Waals surface area contributed by atoms with Gasteiger partial charge in [-0.15, -0.1) is 0 Å². The standard InChI is InChI=1S/C25H29NO7/c1-3-31-22-15-20(11-12-21(22)32-17-23(27)26-13-5-4-6-14-26)25(29)33-16-18-7-9-19(10-8-18)24(28)30-2/h7-12,15H,3-6,13-14,16-17H2,1-2H3. The molecule has 0 spiro atoms. The van der Waals surface area contributed by atoms with Gasteiger partial charge in [0.1, 0.15) is 6.61 Å². The Morgan fingerprint density at radius 2 is 1.55 bits per heavy atom. The van der Waals surface area contributed by atoms with Gasteiger partial charge in [-0.25, -0.2) is 9.59 Å². The predicted octanol–water partition coefficient (Wildman–Crippen LogP) is 3.62. The number of esters is 2. The number of likely N-dealkylation sites (tertiary alicyclic amines) is 1. The van der Waals surface area contributed by atoms with Crippen LogP contribution in [0.3, 0.4) is 0 Å².